The van der Waals surface area contributed by atoms with Gasteiger partial charge in [-0.25, -0.2) is 0 Å². The fourth-order valence-electron chi connectivity index (χ4n) is 2.75. The number of hydrogen-bond donors (Lipinski definition) is 3. The van der Waals surface area contributed by atoms with Crippen LogP contribution in [-0.4, -0.2) is 38.0 Å². The summed E-state index contributed by atoms with van der Waals surface area (Å²) in [4.78, 5) is 26.9. The van der Waals surface area contributed by atoms with Crippen molar-refractivity contribution in [2.75, 3.05) is 6.54 Å². The van der Waals surface area contributed by atoms with Gasteiger partial charge in [-0.1, -0.05) is 0 Å². The molecule has 8 heteroatoms. The Balaban J connectivity index is 2.04. The van der Waals surface area contributed by atoms with Crippen LogP contribution in [0.1, 0.15) is 51.8 Å². The molecule has 0 saturated heterocycles. The van der Waals surface area contributed by atoms with E-state index < -0.39 is 0 Å². The molecule has 2 aromatic rings. The highest BCUT2D eigenvalue weighted by molar-refractivity contribution is 7.71. The lowest BCUT2D eigenvalue weighted by Crippen LogP contribution is -2.27. The van der Waals surface area contributed by atoms with Gasteiger partial charge in [-0.05, 0) is 45.5 Å². The van der Waals surface area contributed by atoms with E-state index >= 15 is 0 Å². The van der Waals surface area contributed by atoms with Gasteiger partial charge in [0, 0.05) is 30.8 Å². The van der Waals surface area contributed by atoms with Gasteiger partial charge in [0.05, 0.1) is 0 Å². The van der Waals surface area contributed by atoms with Crippen LogP contribution in [0.25, 0.3) is 0 Å². The highest BCUT2D eigenvalue weighted by atomic mass is 32.1. The van der Waals surface area contributed by atoms with Crippen LogP contribution in [0, 0.1) is 18.6 Å². The number of aryl methyl sites for hydroxylation is 1. The number of rotatable bonds is 6. The number of amides is 1. The molecule has 1 amide bonds. The normalized spacial score (nSPS) is 10.8. The van der Waals surface area contributed by atoms with Crippen molar-refractivity contribution in [1.29, 1.82) is 0 Å². The molecule has 2 aromatic heterocycles. The monoisotopic (exact) mass is 335 g/mol. The summed E-state index contributed by atoms with van der Waals surface area (Å²) in [6, 6.07) is 0. The molecule has 0 bridgehead atoms. The van der Waals surface area contributed by atoms with Gasteiger partial charge in [-0.3, -0.25) is 14.7 Å². The summed E-state index contributed by atoms with van der Waals surface area (Å²) >= 11 is 5.13. The Labute approximate surface area is 139 Å². The molecule has 3 N–H and O–H groups in total. The second kappa shape index (κ2) is 6.91. The van der Waals surface area contributed by atoms with Crippen molar-refractivity contribution in [3.63, 3.8) is 0 Å². The summed E-state index contributed by atoms with van der Waals surface area (Å²) in [6.07, 6.45) is 0.574. The van der Waals surface area contributed by atoms with Crippen LogP contribution in [0.15, 0.2) is 0 Å². The van der Waals surface area contributed by atoms with Crippen LogP contribution >= 0.6 is 12.2 Å². The highest BCUT2D eigenvalue weighted by Crippen LogP contribution is 2.18. The minimum atomic E-state index is -0.227. The summed E-state index contributed by atoms with van der Waals surface area (Å²) in [5, 5.41) is 9.75. The van der Waals surface area contributed by atoms with E-state index in [1.54, 1.807) is 13.8 Å². The van der Waals surface area contributed by atoms with E-state index in [9.17, 15) is 9.59 Å². The fraction of sp³-hybridized carbons (Fsp3) is 0.467. The minimum Gasteiger partial charge on any atom is -0.354 e. The molecule has 0 aliphatic heterocycles. The maximum Gasteiger partial charge on any atom is 0.268 e. The van der Waals surface area contributed by atoms with E-state index in [-0.39, 0.29) is 11.7 Å². The van der Waals surface area contributed by atoms with Crippen molar-refractivity contribution < 1.29 is 9.59 Å². The first kappa shape index (κ1) is 17.1. The lowest BCUT2D eigenvalue weighted by atomic mass is 10.1. The molecule has 0 aromatic carbocycles. The second-order valence-electron chi connectivity index (χ2n) is 5.38. The van der Waals surface area contributed by atoms with E-state index in [0.717, 1.165) is 12.4 Å². The first-order chi connectivity index (χ1) is 10.9. The van der Waals surface area contributed by atoms with Crippen LogP contribution in [0.3, 0.4) is 0 Å². The van der Waals surface area contributed by atoms with E-state index in [2.05, 4.69) is 20.5 Å². The Bertz CT molecular complexity index is 799. The standard InChI is InChI=1S/C15H21N5O2S/c1-5-20-11(18-19-15(20)23)6-7-16-14(22)13-8(2)12(10(4)21)9(3)17-13/h17H,5-7H2,1-4H3,(H,16,22)(H,19,23). The lowest BCUT2D eigenvalue weighted by Gasteiger charge is -2.06. The number of carbonyl (C=O) groups is 2. The van der Waals surface area contributed by atoms with Gasteiger partial charge in [0.25, 0.3) is 5.91 Å². The van der Waals surface area contributed by atoms with Crippen molar-refractivity contribution in [3.8, 4) is 0 Å². The molecule has 0 aliphatic carbocycles. The first-order valence-corrected chi connectivity index (χ1v) is 7.90. The van der Waals surface area contributed by atoms with Crippen LogP contribution in [0.2, 0.25) is 0 Å². The number of Topliss-reactive ketones (excluding diaryl/α,β-unsaturated/α-hetero) is 1. The van der Waals surface area contributed by atoms with Crippen molar-refractivity contribution >= 4 is 23.9 Å². The summed E-state index contributed by atoms with van der Waals surface area (Å²) in [5.41, 5.74) is 2.42. The molecule has 0 aliphatic rings. The quantitative estimate of drug-likeness (QED) is 0.556. The van der Waals surface area contributed by atoms with Crippen molar-refractivity contribution in [2.24, 2.45) is 0 Å². The van der Waals surface area contributed by atoms with Gasteiger partial charge >= 0.3 is 0 Å². The summed E-state index contributed by atoms with van der Waals surface area (Å²) in [5.74, 6) is 0.533. The molecule has 0 saturated carbocycles. The molecule has 23 heavy (non-hydrogen) atoms. The van der Waals surface area contributed by atoms with Gasteiger partial charge in [-0.2, -0.15) is 5.10 Å². The van der Waals surface area contributed by atoms with E-state index in [0.29, 0.717) is 40.3 Å². The number of aromatic nitrogens is 4. The van der Waals surface area contributed by atoms with E-state index in [1.165, 1.54) is 6.92 Å². The van der Waals surface area contributed by atoms with Crippen molar-refractivity contribution in [1.82, 2.24) is 25.1 Å². The number of nitrogens with one attached hydrogen (secondary N) is 3. The maximum absolute atomic E-state index is 12.3. The van der Waals surface area contributed by atoms with Gasteiger partial charge in [0.1, 0.15) is 11.5 Å². The molecule has 2 rings (SSSR count). The largest absolute Gasteiger partial charge is 0.354 e. The van der Waals surface area contributed by atoms with Crippen LogP contribution in [0.4, 0.5) is 0 Å². The molecule has 0 unspecified atom stereocenters. The van der Waals surface area contributed by atoms with Crippen molar-refractivity contribution in [3.05, 3.63) is 33.1 Å². The Kier molecular flexibility index (Phi) is 5.15. The van der Waals surface area contributed by atoms with E-state index in [4.69, 9.17) is 12.2 Å². The fourth-order valence-corrected chi connectivity index (χ4v) is 3.03. The third kappa shape index (κ3) is 3.42. The van der Waals surface area contributed by atoms with Crippen LogP contribution in [0.5, 0.6) is 0 Å². The van der Waals surface area contributed by atoms with Gasteiger partial charge in [-0.15, -0.1) is 0 Å². The van der Waals surface area contributed by atoms with Gasteiger partial charge in [0.15, 0.2) is 10.6 Å². The Morgan fingerprint density at radius 2 is 2.04 bits per heavy atom. The van der Waals surface area contributed by atoms with Gasteiger partial charge < -0.3 is 14.9 Å². The van der Waals surface area contributed by atoms with Crippen LogP contribution < -0.4 is 5.32 Å². The Morgan fingerprint density at radius 1 is 1.35 bits per heavy atom. The molecule has 0 spiro atoms. The molecule has 124 valence electrons. The minimum absolute atomic E-state index is 0.0474. The molecule has 0 atom stereocenters. The molecule has 7 nitrogen and oxygen atoms in total. The average Bonchev–Trinajstić information content (AvgIpc) is 2.98. The summed E-state index contributed by atoms with van der Waals surface area (Å²) in [6.45, 7) is 8.22. The van der Waals surface area contributed by atoms with Gasteiger partial charge in [0.2, 0.25) is 0 Å². The number of aromatic amines is 2. The number of hydrogen-bond acceptors (Lipinski definition) is 4. The zero-order chi connectivity index (χ0) is 17.1. The zero-order valence-corrected chi connectivity index (χ0v) is 14.6. The zero-order valence-electron chi connectivity index (χ0n) is 13.7. The predicted molar refractivity (Wildman–Crippen MR) is 89.4 cm³/mol. The number of carbonyl (C=O) groups excluding carboxylic acids is 2. The summed E-state index contributed by atoms with van der Waals surface area (Å²) in [7, 11) is 0. The predicted octanol–water partition coefficient (Wildman–Crippen LogP) is 2.08. The first-order valence-electron chi connectivity index (χ1n) is 7.49. The van der Waals surface area contributed by atoms with Crippen molar-refractivity contribution in [2.45, 2.75) is 40.7 Å². The highest BCUT2D eigenvalue weighted by Gasteiger charge is 2.19. The Morgan fingerprint density at radius 3 is 2.61 bits per heavy atom. The average molecular weight is 335 g/mol. The number of ketones is 1. The maximum atomic E-state index is 12.3. The third-order valence-electron chi connectivity index (χ3n) is 3.80. The lowest BCUT2D eigenvalue weighted by molar-refractivity contribution is 0.0948. The SMILES string of the molecule is CCn1c(CCNC(=O)c2[nH]c(C)c(C(C)=O)c2C)n[nH]c1=S. The Hall–Kier alpha value is -2.22. The summed E-state index contributed by atoms with van der Waals surface area (Å²) < 4.78 is 2.47. The van der Waals surface area contributed by atoms with Crippen LogP contribution in [-0.2, 0) is 13.0 Å². The topological polar surface area (TPSA) is 95.6 Å². The molecule has 2 heterocycles. The van der Waals surface area contributed by atoms with E-state index in [1.807, 2.05) is 11.5 Å². The smallest absolute Gasteiger partial charge is 0.268 e. The molecular weight excluding hydrogens is 314 g/mol. The third-order valence-corrected chi connectivity index (χ3v) is 4.12. The number of nitrogens with zero attached hydrogens (tertiary/aromatic N) is 2. The molecule has 0 radical (unpaired) electrons. The second-order valence-corrected chi connectivity index (χ2v) is 5.76. The molecular formula is C15H21N5O2S. The number of H-pyrrole nitrogens is 2. The molecule has 0 fully saturated rings.